The van der Waals surface area contributed by atoms with Crippen LogP contribution < -0.4 is 9.47 Å². The van der Waals surface area contributed by atoms with Gasteiger partial charge in [-0.15, -0.1) is 0 Å². The summed E-state index contributed by atoms with van der Waals surface area (Å²) in [4.78, 5) is 28.8. The van der Waals surface area contributed by atoms with Gasteiger partial charge in [0.15, 0.2) is 0 Å². The minimum atomic E-state index is -0.808. The number of imide groups is 1. The van der Waals surface area contributed by atoms with E-state index < -0.39 is 5.60 Å². The first-order valence-electron chi connectivity index (χ1n) is 12.7. The molecule has 0 radical (unpaired) electrons. The van der Waals surface area contributed by atoms with Crippen LogP contribution in [0.15, 0.2) is 48.5 Å². The third kappa shape index (κ3) is 6.98. The lowest BCUT2D eigenvalue weighted by atomic mass is 9.96. The highest BCUT2D eigenvalue weighted by Crippen LogP contribution is 2.25. The quantitative estimate of drug-likeness (QED) is 0.402. The van der Waals surface area contributed by atoms with E-state index in [4.69, 9.17) is 9.47 Å². The maximum atomic E-state index is 11.9. The van der Waals surface area contributed by atoms with Crippen molar-refractivity contribution in [1.29, 1.82) is 0 Å². The molecule has 2 aromatic carbocycles. The maximum absolute atomic E-state index is 11.9. The second-order valence-electron chi connectivity index (χ2n) is 9.99. The van der Waals surface area contributed by atoms with Crippen molar-refractivity contribution < 1.29 is 24.2 Å². The van der Waals surface area contributed by atoms with Crippen molar-refractivity contribution >= 4 is 11.9 Å². The number of likely N-dealkylation sites (N-methyl/N-ethyl adjacent to an activating group) is 1. The van der Waals surface area contributed by atoms with Gasteiger partial charge in [0.05, 0.1) is 12.2 Å². The summed E-state index contributed by atoms with van der Waals surface area (Å²) in [5.74, 6) is 1.41. The van der Waals surface area contributed by atoms with Crippen LogP contribution in [0, 0.1) is 6.92 Å². The predicted octanol–water partition coefficient (Wildman–Crippen LogP) is 3.45. The SMILES string of the molecule is Cc1ccc(OC[C@@]2(O)CCCN(Cc3ccc(OCCCN4C(=O)CN(C)C4=O)cc3)CC2)cc1. The number of carbonyl (C=O) groups excluding carboxylic acids is 2. The second kappa shape index (κ2) is 11.8. The van der Waals surface area contributed by atoms with Gasteiger partial charge in [0.2, 0.25) is 5.91 Å². The van der Waals surface area contributed by atoms with Crippen molar-refractivity contribution in [3.8, 4) is 11.5 Å². The number of rotatable bonds is 10. The Morgan fingerprint density at radius 1 is 0.944 bits per heavy atom. The Bertz CT molecular complexity index is 1030. The number of nitrogens with zero attached hydrogens (tertiary/aromatic N) is 3. The Morgan fingerprint density at radius 2 is 1.64 bits per heavy atom. The Labute approximate surface area is 213 Å². The Hall–Kier alpha value is -3.10. The van der Waals surface area contributed by atoms with Crippen LogP contribution in [0.3, 0.4) is 0 Å². The number of carbonyl (C=O) groups is 2. The van der Waals surface area contributed by atoms with Crippen molar-refractivity contribution in [1.82, 2.24) is 14.7 Å². The molecule has 36 heavy (non-hydrogen) atoms. The monoisotopic (exact) mass is 495 g/mol. The fourth-order valence-electron chi connectivity index (χ4n) is 4.64. The van der Waals surface area contributed by atoms with Crippen LogP contribution in [0.4, 0.5) is 4.79 Å². The van der Waals surface area contributed by atoms with Crippen molar-refractivity contribution in [3.63, 3.8) is 0 Å². The third-order valence-electron chi connectivity index (χ3n) is 6.89. The van der Waals surface area contributed by atoms with Crippen LogP contribution in [0.1, 0.15) is 36.8 Å². The van der Waals surface area contributed by atoms with Crippen molar-refractivity contribution in [3.05, 3.63) is 59.7 Å². The van der Waals surface area contributed by atoms with Gasteiger partial charge in [-0.05, 0) is 69.0 Å². The average molecular weight is 496 g/mol. The van der Waals surface area contributed by atoms with Crippen LogP contribution >= 0.6 is 0 Å². The summed E-state index contributed by atoms with van der Waals surface area (Å²) in [6.45, 7) is 5.89. The van der Waals surface area contributed by atoms with Gasteiger partial charge in [-0.25, -0.2) is 4.79 Å². The molecular formula is C28H37N3O5. The van der Waals surface area contributed by atoms with Gasteiger partial charge in [0, 0.05) is 26.7 Å². The van der Waals surface area contributed by atoms with E-state index in [9.17, 15) is 14.7 Å². The topological polar surface area (TPSA) is 82.6 Å². The summed E-state index contributed by atoms with van der Waals surface area (Å²) in [7, 11) is 1.63. The number of amides is 3. The summed E-state index contributed by atoms with van der Waals surface area (Å²) in [6.07, 6.45) is 2.93. The smallest absolute Gasteiger partial charge is 0.326 e. The van der Waals surface area contributed by atoms with Gasteiger partial charge < -0.3 is 19.5 Å². The average Bonchev–Trinajstić information content (AvgIpc) is 2.99. The van der Waals surface area contributed by atoms with E-state index in [1.54, 1.807) is 7.05 Å². The Morgan fingerprint density at radius 3 is 2.33 bits per heavy atom. The summed E-state index contributed by atoms with van der Waals surface area (Å²) in [5, 5.41) is 11.1. The first kappa shape index (κ1) is 26.0. The highest BCUT2D eigenvalue weighted by Gasteiger charge is 2.33. The maximum Gasteiger partial charge on any atom is 0.326 e. The molecule has 2 aliphatic rings. The molecule has 2 aromatic rings. The van der Waals surface area contributed by atoms with Crippen LogP contribution in [0.5, 0.6) is 11.5 Å². The van der Waals surface area contributed by atoms with Crippen molar-refractivity contribution in [2.75, 3.05) is 46.4 Å². The first-order valence-corrected chi connectivity index (χ1v) is 12.7. The van der Waals surface area contributed by atoms with Gasteiger partial charge in [-0.2, -0.15) is 0 Å². The van der Waals surface area contributed by atoms with Gasteiger partial charge in [-0.3, -0.25) is 14.6 Å². The normalized spacial score (nSPS) is 21.1. The zero-order valence-corrected chi connectivity index (χ0v) is 21.3. The molecule has 8 heteroatoms. The molecule has 2 heterocycles. The number of urea groups is 1. The Balaban J connectivity index is 1.18. The van der Waals surface area contributed by atoms with Crippen molar-refractivity contribution in [2.45, 2.75) is 44.8 Å². The van der Waals surface area contributed by atoms with E-state index in [0.717, 1.165) is 44.0 Å². The molecule has 3 amide bonds. The molecule has 0 aliphatic carbocycles. The van der Waals surface area contributed by atoms with Gasteiger partial charge >= 0.3 is 6.03 Å². The molecule has 2 aliphatic heterocycles. The number of ether oxygens (including phenoxy) is 2. The van der Waals surface area contributed by atoms with E-state index in [0.29, 0.717) is 32.6 Å². The molecule has 2 fully saturated rings. The number of aliphatic hydroxyl groups is 1. The molecule has 0 spiro atoms. The van der Waals surface area contributed by atoms with E-state index in [2.05, 4.69) is 17.0 Å². The zero-order chi connectivity index (χ0) is 25.5. The summed E-state index contributed by atoms with van der Waals surface area (Å²) < 4.78 is 11.7. The third-order valence-corrected chi connectivity index (χ3v) is 6.89. The lowest BCUT2D eigenvalue weighted by molar-refractivity contribution is -0.125. The van der Waals surface area contributed by atoms with Crippen LogP contribution in [0.25, 0.3) is 0 Å². The van der Waals surface area contributed by atoms with Crippen molar-refractivity contribution in [2.24, 2.45) is 0 Å². The molecule has 0 bridgehead atoms. The lowest BCUT2D eigenvalue weighted by Crippen LogP contribution is -2.37. The number of aryl methyl sites for hydroxylation is 1. The molecule has 0 unspecified atom stereocenters. The molecule has 0 aromatic heterocycles. The van der Waals surface area contributed by atoms with Gasteiger partial charge in [-0.1, -0.05) is 29.8 Å². The van der Waals surface area contributed by atoms with E-state index in [1.807, 2.05) is 43.3 Å². The molecule has 1 atom stereocenters. The minimum Gasteiger partial charge on any atom is -0.494 e. The van der Waals surface area contributed by atoms with Gasteiger partial charge in [0.25, 0.3) is 0 Å². The van der Waals surface area contributed by atoms with E-state index in [1.165, 1.54) is 20.9 Å². The fraction of sp³-hybridized carbons (Fsp3) is 0.500. The highest BCUT2D eigenvalue weighted by atomic mass is 16.5. The number of likely N-dealkylation sites (tertiary alicyclic amines) is 1. The summed E-state index contributed by atoms with van der Waals surface area (Å²) in [6, 6.07) is 15.7. The zero-order valence-electron chi connectivity index (χ0n) is 21.3. The number of hydrogen-bond donors (Lipinski definition) is 1. The molecule has 0 saturated carbocycles. The number of benzene rings is 2. The van der Waals surface area contributed by atoms with Gasteiger partial charge in [0.1, 0.15) is 24.7 Å². The Kier molecular flexibility index (Phi) is 8.48. The molecule has 194 valence electrons. The highest BCUT2D eigenvalue weighted by molar-refractivity contribution is 6.01. The molecule has 2 saturated heterocycles. The standard InChI is InChI=1S/C28H37N3O5/c1-22-5-9-25(10-6-22)36-21-28(34)13-3-15-30(17-14-28)19-23-7-11-24(12-8-23)35-18-4-16-31-26(32)20-29(2)27(31)33/h5-12,34H,3-4,13-21H2,1-2H3/t28-/m1/s1. The summed E-state index contributed by atoms with van der Waals surface area (Å²) >= 11 is 0. The molecule has 1 N–H and O–H groups in total. The summed E-state index contributed by atoms with van der Waals surface area (Å²) in [5.41, 5.74) is 1.57. The minimum absolute atomic E-state index is 0.151. The van der Waals surface area contributed by atoms with Crippen LogP contribution in [0.2, 0.25) is 0 Å². The predicted molar refractivity (Wildman–Crippen MR) is 137 cm³/mol. The first-order chi connectivity index (χ1) is 17.3. The van der Waals surface area contributed by atoms with Crippen LogP contribution in [-0.2, 0) is 11.3 Å². The number of hydrogen-bond acceptors (Lipinski definition) is 6. The second-order valence-corrected chi connectivity index (χ2v) is 9.99. The van der Waals surface area contributed by atoms with E-state index in [-0.39, 0.29) is 18.5 Å². The van der Waals surface area contributed by atoms with E-state index >= 15 is 0 Å². The molecular weight excluding hydrogens is 458 g/mol. The molecule has 4 rings (SSSR count). The molecule has 8 nitrogen and oxygen atoms in total. The van der Waals surface area contributed by atoms with Crippen LogP contribution in [-0.4, -0.2) is 83.8 Å². The fourth-order valence-corrected chi connectivity index (χ4v) is 4.64. The lowest BCUT2D eigenvalue weighted by Gasteiger charge is -2.27. The largest absolute Gasteiger partial charge is 0.494 e.